The zero-order valence-electron chi connectivity index (χ0n) is 10.4. The van der Waals surface area contributed by atoms with Crippen LogP contribution in [0.3, 0.4) is 0 Å². The largest absolute Gasteiger partial charge is 0.465 e. The third kappa shape index (κ3) is 4.29. The van der Waals surface area contributed by atoms with Crippen LogP contribution < -0.4 is 0 Å². The van der Waals surface area contributed by atoms with E-state index in [4.69, 9.17) is 4.74 Å². The Hall–Kier alpha value is -1.10. The number of benzene rings is 1. The molecule has 0 aliphatic heterocycles. The summed E-state index contributed by atoms with van der Waals surface area (Å²) in [5.41, 5.74) is 0. The van der Waals surface area contributed by atoms with E-state index < -0.39 is 16.9 Å². The van der Waals surface area contributed by atoms with Gasteiger partial charge in [0.15, 0.2) is 0 Å². The highest BCUT2D eigenvalue weighted by Crippen LogP contribution is 2.30. The lowest BCUT2D eigenvalue weighted by atomic mass is 10.2. The fraction of sp³-hybridized carbons (Fsp3) is 0.462. The molecule has 0 aliphatic carbocycles. The van der Waals surface area contributed by atoms with Crippen molar-refractivity contribution in [2.24, 2.45) is 0 Å². The van der Waals surface area contributed by atoms with Crippen LogP contribution in [-0.4, -0.2) is 17.8 Å². The van der Waals surface area contributed by atoms with Gasteiger partial charge in [-0.25, -0.2) is 8.78 Å². The Morgan fingerprint density at radius 1 is 1.39 bits per heavy atom. The Balaban J connectivity index is 2.82. The maximum Gasteiger partial charge on any atom is 0.319 e. The van der Waals surface area contributed by atoms with Crippen LogP contribution >= 0.6 is 11.8 Å². The third-order valence-corrected chi connectivity index (χ3v) is 3.54. The monoisotopic (exact) mass is 274 g/mol. The van der Waals surface area contributed by atoms with Gasteiger partial charge in [-0.1, -0.05) is 13.3 Å². The number of thioether (sulfide) groups is 1. The second kappa shape index (κ2) is 7.36. The third-order valence-electron chi connectivity index (χ3n) is 2.26. The highest BCUT2D eigenvalue weighted by atomic mass is 32.2. The SMILES string of the molecule is CCCC(Sc1cc(F)ccc1F)C(=O)OCC. The quantitative estimate of drug-likeness (QED) is 0.583. The molecule has 0 spiro atoms. The van der Waals surface area contributed by atoms with Crippen LogP contribution in [0.25, 0.3) is 0 Å². The zero-order chi connectivity index (χ0) is 13.5. The Kier molecular flexibility index (Phi) is 6.12. The van der Waals surface area contributed by atoms with Crippen LogP contribution in [0.4, 0.5) is 8.78 Å². The van der Waals surface area contributed by atoms with Gasteiger partial charge in [-0.2, -0.15) is 0 Å². The lowest BCUT2D eigenvalue weighted by Crippen LogP contribution is -2.20. The molecule has 0 saturated heterocycles. The van der Waals surface area contributed by atoms with Crippen molar-refractivity contribution in [2.75, 3.05) is 6.61 Å². The van der Waals surface area contributed by atoms with E-state index in [0.717, 1.165) is 36.4 Å². The second-order valence-corrected chi connectivity index (χ2v) is 4.97. The fourth-order valence-electron chi connectivity index (χ4n) is 1.44. The standard InChI is InChI=1S/C13H16F2O2S/c1-3-5-11(13(16)17-4-2)18-12-8-9(14)6-7-10(12)15/h6-8,11H,3-5H2,1-2H3. The molecule has 100 valence electrons. The van der Waals surface area contributed by atoms with Gasteiger partial charge in [0, 0.05) is 4.90 Å². The molecular formula is C13H16F2O2S. The highest BCUT2D eigenvalue weighted by molar-refractivity contribution is 8.00. The summed E-state index contributed by atoms with van der Waals surface area (Å²) in [7, 11) is 0. The van der Waals surface area contributed by atoms with Crippen molar-refractivity contribution >= 4 is 17.7 Å². The molecular weight excluding hydrogens is 258 g/mol. The average Bonchev–Trinajstić information content (AvgIpc) is 2.33. The minimum atomic E-state index is -0.521. The molecule has 1 unspecified atom stereocenters. The molecule has 1 atom stereocenters. The normalized spacial score (nSPS) is 12.2. The van der Waals surface area contributed by atoms with E-state index in [2.05, 4.69) is 0 Å². The summed E-state index contributed by atoms with van der Waals surface area (Å²) in [4.78, 5) is 11.8. The molecule has 1 aromatic rings. The van der Waals surface area contributed by atoms with E-state index in [9.17, 15) is 13.6 Å². The number of carbonyl (C=O) groups is 1. The summed E-state index contributed by atoms with van der Waals surface area (Å²) in [5.74, 6) is -1.42. The molecule has 1 aromatic carbocycles. The Morgan fingerprint density at radius 2 is 2.11 bits per heavy atom. The summed E-state index contributed by atoms with van der Waals surface area (Å²) in [6.45, 7) is 3.92. The van der Waals surface area contributed by atoms with Gasteiger partial charge in [-0.05, 0) is 31.5 Å². The van der Waals surface area contributed by atoms with Gasteiger partial charge >= 0.3 is 5.97 Å². The lowest BCUT2D eigenvalue weighted by molar-refractivity contribution is -0.142. The van der Waals surface area contributed by atoms with Crippen molar-refractivity contribution in [3.05, 3.63) is 29.8 Å². The molecule has 0 heterocycles. The van der Waals surface area contributed by atoms with Gasteiger partial charge < -0.3 is 4.74 Å². The van der Waals surface area contributed by atoms with Crippen molar-refractivity contribution in [2.45, 2.75) is 36.8 Å². The van der Waals surface area contributed by atoms with Crippen LogP contribution in [0, 0.1) is 11.6 Å². The number of halogens is 2. The molecule has 18 heavy (non-hydrogen) atoms. The number of hydrogen-bond donors (Lipinski definition) is 0. The van der Waals surface area contributed by atoms with E-state index in [-0.39, 0.29) is 17.5 Å². The minimum absolute atomic E-state index is 0.140. The first-order valence-corrected chi connectivity index (χ1v) is 6.74. The van der Waals surface area contributed by atoms with E-state index in [0.29, 0.717) is 6.42 Å². The summed E-state index contributed by atoms with van der Waals surface area (Å²) < 4.78 is 31.4. The maximum absolute atomic E-state index is 13.5. The first kappa shape index (κ1) is 15.0. The number of rotatable bonds is 6. The fourth-order valence-corrected chi connectivity index (χ4v) is 2.63. The van der Waals surface area contributed by atoms with Gasteiger partial charge in [-0.3, -0.25) is 4.79 Å². The van der Waals surface area contributed by atoms with Crippen LogP contribution in [-0.2, 0) is 9.53 Å². The Morgan fingerprint density at radius 3 is 2.72 bits per heavy atom. The predicted octanol–water partition coefficient (Wildman–Crippen LogP) is 3.79. The molecule has 0 saturated carbocycles. The molecule has 0 radical (unpaired) electrons. The van der Waals surface area contributed by atoms with Crippen molar-refractivity contribution in [1.29, 1.82) is 0 Å². The van der Waals surface area contributed by atoms with E-state index >= 15 is 0 Å². The molecule has 0 N–H and O–H groups in total. The molecule has 0 amide bonds. The smallest absolute Gasteiger partial charge is 0.319 e. The average molecular weight is 274 g/mol. The van der Waals surface area contributed by atoms with Crippen LogP contribution in [0.5, 0.6) is 0 Å². The topological polar surface area (TPSA) is 26.3 Å². The molecule has 0 fully saturated rings. The molecule has 1 rings (SSSR count). The van der Waals surface area contributed by atoms with Crippen LogP contribution in [0.1, 0.15) is 26.7 Å². The van der Waals surface area contributed by atoms with Crippen molar-refractivity contribution in [3.63, 3.8) is 0 Å². The molecule has 2 nitrogen and oxygen atoms in total. The zero-order valence-corrected chi connectivity index (χ0v) is 11.2. The number of ether oxygens (including phenoxy) is 1. The highest BCUT2D eigenvalue weighted by Gasteiger charge is 2.21. The number of hydrogen-bond acceptors (Lipinski definition) is 3. The predicted molar refractivity (Wildman–Crippen MR) is 67.5 cm³/mol. The number of esters is 1. The first-order chi connectivity index (χ1) is 8.58. The van der Waals surface area contributed by atoms with Gasteiger partial charge in [0.25, 0.3) is 0 Å². The summed E-state index contributed by atoms with van der Waals surface area (Å²) in [6, 6.07) is 3.21. The second-order valence-electron chi connectivity index (χ2n) is 3.72. The van der Waals surface area contributed by atoms with Crippen LogP contribution in [0.2, 0.25) is 0 Å². The van der Waals surface area contributed by atoms with Gasteiger partial charge in [-0.15, -0.1) is 11.8 Å². The number of carbonyl (C=O) groups excluding carboxylic acids is 1. The van der Waals surface area contributed by atoms with Crippen molar-refractivity contribution < 1.29 is 18.3 Å². The van der Waals surface area contributed by atoms with Crippen molar-refractivity contribution in [1.82, 2.24) is 0 Å². The van der Waals surface area contributed by atoms with E-state index in [1.165, 1.54) is 0 Å². The Bertz CT molecular complexity index is 410. The summed E-state index contributed by atoms with van der Waals surface area (Å²) in [6.07, 6.45) is 1.34. The summed E-state index contributed by atoms with van der Waals surface area (Å²) >= 11 is 1.01. The van der Waals surface area contributed by atoms with Gasteiger partial charge in [0.05, 0.1) is 6.61 Å². The van der Waals surface area contributed by atoms with Crippen LogP contribution in [0.15, 0.2) is 23.1 Å². The van der Waals surface area contributed by atoms with E-state index in [1.54, 1.807) is 6.92 Å². The summed E-state index contributed by atoms with van der Waals surface area (Å²) in [5, 5.41) is -0.494. The Labute approximate surface area is 110 Å². The van der Waals surface area contributed by atoms with Gasteiger partial charge in [0.2, 0.25) is 0 Å². The maximum atomic E-state index is 13.5. The first-order valence-electron chi connectivity index (χ1n) is 5.86. The minimum Gasteiger partial charge on any atom is -0.465 e. The lowest BCUT2D eigenvalue weighted by Gasteiger charge is -2.14. The molecule has 0 aliphatic rings. The molecule has 5 heteroatoms. The molecule has 0 bridgehead atoms. The van der Waals surface area contributed by atoms with Gasteiger partial charge in [0.1, 0.15) is 16.9 Å². The van der Waals surface area contributed by atoms with E-state index in [1.807, 2.05) is 6.92 Å². The van der Waals surface area contributed by atoms with Crippen molar-refractivity contribution in [3.8, 4) is 0 Å². The molecule has 0 aromatic heterocycles.